The Morgan fingerprint density at radius 2 is 0.875 bits per heavy atom. The van der Waals surface area contributed by atoms with E-state index < -0.39 is 12.3 Å². The zero-order valence-corrected chi connectivity index (χ0v) is 21.6. The highest BCUT2D eigenvalue weighted by Gasteiger charge is 2.26. The second-order valence-corrected chi connectivity index (χ2v) is 10.8. The Hall–Kier alpha value is -1.72. The molecule has 0 spiro atoms. The van der Waals surface area contributed by atoms with E-state index in [2.05, 4.69) is 55.4 Å². The highest BCUT2D eigenvalue weighted by atomic mass is 16.7. The molecule has 6 nitrogen and oxygen atoms in total. The zero-order chi connectivity index (χ0) is 24.3. The van der Waals surface area contributed by atoms with Crippen molar-refractivity contribution in [2.45, 2.75) is 119 Å². The van der Waals surface area contributed by atoms with Crippen molar-refractivity contribution in [3.05, 3.63) is 11.5 Å². The molecule has 0 aromatic carbocycles. The summed E-state index contributed by atoms with van der Waals surface area (Å²) in [6.45, 7) is 16.8. The first-order valence-corrected chi connectivity index (χ1v) is 12.4. The molecule has 1 aliphatic carbocycles. The lowest BCUT2D eigenvalue weighted by molar-refractivity contribution is 0.00844. The minimum atomic E-state index is -0.722. The molecule has 0 aromatic heterocycles. The van der Waals surface area contributed by atoms with Gasteiger partial charge in [-0.3, -0.25) is 0 Å². The van der Waals surface area contributed by atoms with Crippen molar-refractivity contribution in [2.75, 3.05) is 0 Å². The van der Waals surface area contributed by atoms with Gasteiger partial charge < -0.3 is 18.9 Å². The quantitative estimate of drug-likeness (QED) is 0.278. The predicted molar refractivity (Wildman–Crippen MR) is 126 cm³/mol. The minimum absolute atomic E-state index is 0.186. The van der Waals surface area contributed by atoms with Crippen LogP contribution in [0.5, 0.6) is 0 Å². The highest BCUT2D eigenvalue weighted by Crippen LogP contribution is 2.28. The van der Waals surface area contributed by atoms with Gasteiger partial charge >= 0.3 is 12.3 Å². The molecule has 0 saturated carbocycles. The molecular formula is C26H46O6. The Balaban J connectivity index is 2.77. The monoisotopic (exact) mass is 454 g/mol. The molecule has 0 unspecified atom stereocenters. The van der Waals surface area contributed by atoms with Gasteiger partial charge in [0.15, 0.2) is 0 Å². The van der Waals surface area contributed by atoms with Crippen LogP contribution in [0.3, 0.4) is 0 Å². The van der Waals surface area contributed by atoms with Gasteiger partial charge in [0.1, 0.15) is 23.7 Å². The summed E-state index contributed by atoms with van der Waals surface area (Å²) in [5.41, 5.74) is 0. The van der Waals surface area contributed by atoms with E-state index in [-0.39, 0.29) is 12.2 Å². The summed E-state index contributed by atoms with van der Waals surface area (Å²) in [7, 11) is 0. The summed E-state index contributed by atoms with van der Waals surface area (Å²) in [4.78, 5) is 25.0. The number of hydrogen-bond acceptors (Lipinski definition) is 6. The summed E-state index contributed by atoms with van der Waals surface area (Å²) in [6, 6.07) is 0. The van der Waals surface area contributed by atoms with Crippen molar-refractivity contribution in [3.8, 4) is 0 Å². The van der Waals surface area contributed by atoms with Gasteiger partial charge in [0.2, 0.25) is 0 Å². The van der Waals surface area contributed by atoms with Gasteiger partial charge in [-0.05, 0) is 62.2 Å². The molecule has 1 aliphatic rings. The van der Waals surface area contributed by atoms with Crippen molar-refractivity contribution in [3.63, 3.8) is 0 Å². The topological polar surface area (TPSA) is 71.1 Å². The summed E-state index contributed by atoms with van der Waals surface area (Å²) < 4.78 is 22.3. The lowest BCUT2D eigenvalue weighted by Gasteiger charge is -2.24. The number of carbonyl (C=O) groups excluding carboxylic acids is 2. The summed E-state index contributed by atoms with van der Waals surface area (Å²) in [5, 5.41) is 0. The number of ether oxygens (including phenoxy) is 4. The molecule has 0 amide bonds. The third-order valence-electron chi connectivity index (χ3n) is 5.24. The summed E-state index contributed by atoms with van der Waals surface area (Å²) in [5.74, 6) is 2.43. The number of carbonyl (C=O) groups is 2. The Labute approximate surface area is 195 Å². The average molecular weight is 455 g/mol. The molecule has 6 heteroatoms. The van der Waals surface area contributed by atoms with E-state index in [1.807, 2.05) is 0 Å². The molecule has 186 valence electrons. The Morgan fingerprint density at radius 1 is 0.594 bits per heavy atom. The van der Waals surface area contributed by atoms with E-state index in [0.29, 0.717) is 48.0 Å². The normalized spacial score (nSPS) is 14.8. The molecule has 1 rings (SSSR count). The summed E-state index contributed by atoms with van der Waals surface area (Å²) >= 11 is 0. The van der Waals surface area contributed by atoms with E-state index in [1.54, 1.807) is 0 Å². The highest BCUT2D eigenvalue weighted by molar-refractivity contribution is 5.63. The first kappa shape index (κ1) is 28.3. The molecule has 0 atom stereocenters. The van der Waals surface area contributed by atoms with E-state index in [0.717, 1.165) is 38.5 Å². The van der Waals surface area contributed by atoms with Crippen LogP contribution in [0, 0.1) is 23.7 Å². The van der Waals surface area contributed by atoms with Crippen molar-refractivity contribution in [1.29, 1.82) is 0 Å². The smallest absolute Gasteiger partial charge is 0.431 e. The van der Waals surface area contributed by atoms with Crippen LogP contribution in [-0.4, -0.2) is 24.5 Å². The van der Waals surface area contributed by atoms with E-state index in [1.165, 1.54) is 0 Å². The van der Waals surface area contributed by atoms with Gasteiger partial charge in [-0.1, -0.05) is 55.4 Å². The zero-order valence-electron chi connectivity index (χ0n) is 21.6. The number of allylic oxidation sites excluding steroid dienone is 2. The molecule has 0 N–H and O–H groups in total. The molecule has 0 heterocycles. The Kier molecular flexibility index (Phi) is 12.8. The second-order valence-electron chi connectivity index (χ2n) is 10.8. The molecule has 32 heavy (non-hydrogen) atoms. The molecular weight excluding hydrogens is 408 g/mol. The third kappa shape index (κ3) is 12.4. The van der Waals surface area contributed by atoms with Crippen LogP contribution in [0.2, 0.25) is 0 Å². The Bertz CT molecular complexity index is 533. The maximum Gasteiger partial charge on any atom is 0.513 e. The van der Waals surface area contributed by atoms with E-state index in [9.17, 15) is 9.59 Å². The van der Waals surface area contributed by atoms with Gasteiger partial charge in [-0.2, -0.15) is 0 Å². The van der Waals surface area contributed by atoms with Crippen LogP contribution >= 0.6 is 0 Å². The fraction of sp³-hybridized carbons (Fsp3) is 0.846. The fourth-order valence-corrected chi connectivity index (χ4v) is 4.08. The van der Waals surface area contributed by atoms with Crippen molar-refractivity contribution in [1.82, 2.24) is 0 Å². The maximum absolute atomic E-state index is 12.5. The van der Waals surface area contributed by atoms with Crippen LogP contribution in [0.15, 0.2) is 11.5 Å². The first-order chi connectivity index (χ1) is 15.0. The molecule has 0 radical (unpaired) electrons. The second kappa shape index (κ2) is 14.4. The SMILES string of the molecule is CC(C)CC(CC(C)C)OC(=O)OC1=C(OC(=O)OC(CC(C)C)CC(C)C)CCCC1. The maximum atomic E-state index is 12.5. The first-order valence-electron chi connectivity index (χ1n) is 12.4. The largest absolute Gasteiger partial charge is 0.513 e. The van der Waals surface area contributed by atoms with Crippen LogP contribution in [-0.2, 0) is 18.9 Å². The van der Waals surface area contributed by atoms with Crippen LogP contribution in [0.4, 0.5) is 9.59 Å². The molecule has 0 aromatic rings. The lowest BCUT2D eigenvalue weighted by atomic mass is 9.98. The molecule has 0 bridgehead atoms. The summed E-state index contributed by atoms with van der Waals surface area (Å²) in [6.07, 6.45) is 4.15. The fourth-order valence-electron chi connectivity index (χ4n) is 4.08. The predicted octanol–water partition coefficient (Wildman–Crippen LogP) is 8.00. The lowest BCUT2D eigenvalue weighted by Crippen LogP contribution is -2.25. The van der Waals surface area contributed by atoms with Gasteiger partial charge in [0.05, 0.1) is 0 Å². The van der Waals surface area contributed by atoms with Crippen LogP contribution in [0.25, 0.3) is 0 Å². The minimum Gasteiger partial charge on any atom is -0.431 e. The molecule has 0 aliphatic heterocycles. The standard InChI is InChI=1S/C26H46O6/c1-17(2)13-21(14-18(3)4)29-25(27)31-23-11-9-10-12-24(23)32-26(28)30-22(15-19(5)6)16-20(7)8/h17-22H,9-16H2,1-8H3. The van der Waals surface area contributed by atoms with Gasteiger partial charge in [0, 0.05) is 12.8 Å². The Morgan fingerprint density at radius 3 is 1.12 bits per heavy atom. The van der Waals surface area contributed by atoms with Gasteiger partial charge in [0.25, 0.3) is 0 Å². The van der Waals surface area contributed by atoms with E-state index >= 15 is 0 Å². The molecule has 0 saturated heterocycles. The van der Waals surface area contributed by atoms with Crippen LogP contribution < -0.4 is 0 Å². The van der Waals surface area contributed by atoms with Crippen molar-refractivity contribution >= 4 is 12.3 Å². The van der Waals surface area contributed by atoms with Crippen molar-refractivity contribution in [2.24, 2.45) is 23.7 Å². The van der Waals surface area contributed by atoms with Crippen LogP contribution in [0.1, 0.15) is 107 Å². The molecule has 0 fully saturated rings. The average Bonchev–Trinajstić information content (AvgIpc) is 2.60. The third-order valence-corrected chi connectivity index (χ3v) is 5.24. The number of rotatable bonds is 12. The van der Waals surface area contributed by atoms with Gasteiger partial charge in [-0.25, -0.2) is 9.59 Å². The van der Waals surface area contributed by atoms with E-state index in [4.69, 9.17) is 18.9 Å². The number of hydrogen-bond donors (Lipinski definition) is 0. The van der Waals surface area contributed by atoms with Gasteiger partial charge in [-0.15, -0.1) is 0 Å². The van der Waals surface area contributed by atoms with Crippen molar-refractivity contribution < 1.29 is 28.5 Å².